The number of carbonyl (C=O) groups excluding carboxylic acids is 1. The summed E-state index contributed by atoms with van der Waals surface area (Å²) in [5, 5.41) is 11.7. The van der Waals surface area contributed by atoms with Gasteiger partial charge in [-0.25, -0.2) is 0 Å². The molecular formula is C14H25NO3. The Hall–Kier alpha value is -1.06. The first kappa shape index (κ1) is 15.0. The molecule has 3 atom stereocenters. The van der Waals surface area contributed by atoms with Crippen molar-refractivity contribution in [2.45, 2.75) is 58.9 Å². The molecule has 0 aromatic carbocycles. The zero-order valence-corrected chi connectivity index (χ0v) is 11.6. The van der Waals surface area contributed by atoms with E-state index >= 15 is 0 Å². The van der Waals surface area contributed by atoms with Gasteiger partial charge in [0.2, 0.25) is 5.91 Å². The fourth-order valence-corrected chi connectivity index (χ4v) is 2.56. The van der Waals surface area contributed by atoms with Crippen molar-refractivity contribution in [3.05, 3.63) is 0 Å². The second-order valence-electron chi connectivity index (χ2n) is 5.71. The quantitative estimate of drug-likeness (QED) is 0.766. The molecule has 4 nitrogen and oxygen atoms in total. The van der Waals surface area contributed by atoms with Gasteiger partial charge in [0, 0.05) is 12.0 Å². The normalized spacial score (nSPS) is 21.3. The molecule has 0 heterocycles. The van der Waals surface area contributed by atoms with Crippen molar-refractivity contribution in [2.75, 3.05) is 0 Å². The lowest BCUT2D eigenvalue weighted by molar-refractivity contribution is -0.142. The third kappa shape index (κ3) is 4.31. The topological polar surface area (TPSA) is 66.4 Å². The van der Waals surface area contributed by atoms with Gasteiger partial charge < -0.3 is 10.4 Å². The lowest BCUT2D eigenvalue weighted by Crippen LogP contribution is -2.42. The van der Waals surface area contributed by atoms with E-state index in [0.29, 0.717) is 5.92 Å². The van der Waals surface area contributed by atoms with Gasteiger partial charge in [-0.15, -0.1) is 0 Å². The number of hydrogen-bond acceptors (Lipinski definition) is 2. The zero-order chi connectivity index (χ0) is 13.7. The van der Waals surface area contributed by atoms with Crippen molar-refractivity contribution in [2.24, 2.45) is 17.8 Å². The first-order chi connectivity index (χ1) is 8.41. The molecule has 0 aromatic heterocycles. The van der Waals surface area contributed by atoms with Gasteiger partial charge in [0.1, 0.15) is 0 Å². The van der Waals surface area contributed by atoms with Crippen LogP contribution in [0.15, 0.2) is 0 Å². The van der Waals surface area contributed by atoms with Crippen molar-refractivity contribution < 1.29 is 14.7 Å². The fraction of sp³-hybridized carbons (Fsp3) is 0.857. The second-order valence-corrected chi connectivity index (χ2v) is 5.71. The molecule has 18 heavy (non-hydrogen) atoms. The number of carboxylic acids is 1. The molecule has 3 unspecified atom stereocenters. The molecule has 1 aliphatic carbocycles. The number of carboxylic acid groups (broad SMARTS) is 1. The maximum absolute atomic E-state index is 12.0. The van der Waals surface area contributed by atoms with Gasteiger partial charge in [-0.05, 0) is 26.2 Å². The molecule has 0 spiro atoms. The Morgan fingerprint density at radius 1 is 1.22 bits per heavy atom. The Labute approximate surface area is 109 Å². The van der Waals surface area contributed by atoms with Crippen LogP contribution in [-0.2, 0) is 9.59 Å². The maximum Gasteiger partial charge on any atom is 0.308 e. The van der Waals surface area contributed by atoms with Crippen LogP contribution in [0.25, 0.3) is 0 Å². The van der Waals surface area contributed by atoms with E-state index in [9.17, 15) is 9.59 Å². The molecule has 1 saturated carbocycles. The number of aliphatic carboxylic acids is 1. The molecule has 0 saturated heterocycles. The summed E-state index contributed by atoms with van der Waals surface area (Å²) in [4.78, 5) is 22.8. The Morgan fingerprint density at radius 2 is 1.78 bits per heavy atom. The molecule has 1 aliphatic rings. The number of rotatable bonds is 6. The first-order valence-electron chi connectivity index (χ1n) is 6.95. The van der Waals surface area contributed by atoms with Crippen LogP contribution in [0, 0.1) is 17.8 Å². The number of hydrogen-bond donors (Lipinski definition) is 2. The molecule has 104 valence electrons. The summed E-state index contributed by atoms with van der Waals surface area (Å²) in [6.07, 6.45) is 5.97. The van der Waals surface area contributed by atoms with E-state index in [1.807, 2.05) is 6.92 Å². The predicted octanol–water partition coefficient (Wildman–Crippen LogP) is 2.43. The number of nitrogens with one attached hydrogen (secondary N) is 1. The van der Waals surface area contributed by atoms with Crippen molar-refractivity contribution in [3.8, 4) is 0 Å². The monoisotopic (exact) mass is 255 g/mol. The summed E-state index contributed by atoms with van der Waals surface area (Å²) in [5.41, 5.74) is 0. The molecule has 1 rings (SSSR count). The highest BCUT2D eigenvalue weighted by Gasteiger charge is 2.25. The molecule has 0 radical (unpaired) electrons. The van der Waals surface area contributed by atoms with Gasteiger partial charge in [-0.2, -0.15) is 0 Å². The summed E-state index contributed by atoms with van der Waals surface area (Å²) in [5.74, 6) is -0.768. The van der Waals surface area contributed by atoms with Crippen LogP contribution in [0.3, 0.4) is 0 Å². The molecule has 2 N–H and O–H groups in total. The standard InChI is InChI=1S/C14H25NO3/c1-9(8-12-6-4-5-7-12)13(16)15-11(3)10(2)14(17)18/h9-12H,4-8H2,1-3H3,(H,15,16)(H,17,18). The van der Waals surface area contributed by atoms with E-state index in [1.165, 1.54) is 25.7 Å². The Balaban J connectivity index is 2.36. The molecule has 4 heteroatoms. The van der Waals surface area contributed by atoms with Crippen LogP contribution in [0.1, 0.15) is 52.9 Å². The van der Waals surface area contributed by atoms with E-state index in [4.69, 9.17) is 5.11 Å². The molecule has 0 aromatic rings. The SMILES string of the molecule is CC(CC1CCCC1)C(=O)NC(C)C(C)C(=O)O. The Bertz CT molecular complexity index is 297. The fourth-order valence-electron chi connectivity index (χ4n) is 2.56. The lowest BCUT2D eigenvalue weighted by Gasteiger charge is -2.21. The highest BCUT2D eigenvalue weighted by atomic mass is 16.4. The number of carbonyl (C=O) groups is 2. The summed E-state index contributed by atoms with van der Waals surface area (Å²) in [6.45, 7) is 5.31. The summed E-state index contributed by atoms with van der Waals surface area (Å²) in [6, 6.07) is -0.318. The van der Waals surface area contributed by atoms with E-state index in [-0.39, 0.29) is 17.9 Å². The second kappa shape index (κ2) is 6.76. The van der Waals surface area contributed by atoms with Crippen molar-refractivity contribution >= 4 is 11.9 Å². The Kier molecular flexibility index (Phi) is 5.63. The number of amides is 1. The largest absolute Gasteiger partial charge is 0.481 e. The smallest absolute Gasteiger partial charge is 0.308 e. The van der Waals surface area contributed by atoms with Gasteiger partial charge in [-0.3, -0.25) is 9.59 Å². The van der Waals surface area contributed by atoms with Crippen LogP contribution in [-0.4, -0.2) is 23.0 Å². The minimum Gasteiger partial charge on any atom is -0.481 e. The highest BCUT2D eigenvalue weighted by Crippen LogP contribution is 2.30. The van der Waals surface area contributed by atoms with Gasteiger partial charge in [0.05, 0.1) is 5.92 Å². The molecule has 1 amide bonds. The third-order valence-electron chi connectivity index (χ3n) is 4.12. The van der Waals surface area contributed by atoms with E-state index in [1.54, 1.807) is 13.8 Å². The van der Waals surface area contributed by atoms with Gasteiger partial charge >= 0.3 is 5.97 Å². The van der Waals surface area contributed by atoms with E-state index < -0.39 is 11.9 Å². The summed E-state index contributed by atoms with van der Waals surface area (Å²) in [7, 11) is 0. The average Bonchev–Trinajstić information content (AvgIpc) is 2.80. The first-order valence-corrected chi connectivity index (χ1v) is 6.95. The molecular weight excluding hydrogens is 230 g/mol. The van der Waals surface area contributed by atoms with E-state index in [0.717, 1.165) is 6.42 Å². The average molecular weight is 255 g/mol. The summed E-state index contributed by atoms with van der Waals surface area (Å²) >= 11 is 0. The predicted molar refractivity (Wildman–Crippen MR) is 70.1 cm³/mol. The van der Waals surface area contributed by atoms with Gasteiger partial charge in [0.15, 0.2) is 0 Å². The molecule has 0 aliphatic heterocycles. The van der Waals surface area contributed by atoms with Crippen molar-refractivity contribution in [3.63, 3.8) is 0 Å². The van der Waals surface area contributed by atoms with Crippen molar-refractivity contribution in [1.29, 1.82) is 0 Å². The lowest BCUT2D eigenvalue weighted by atomic mass is 9.93. The van der Waals surface area contributed by atoms with Gasteiger partial charge in [0.25, 0.3) is 0 Å². The van der Waals surface area contributed by atoms with Gasteiger partial charge in [-0.1, -0.05) is 32.6 Å². The molecule has 1 fully saturated rings. The minimum atomic E-state index is -0.869. The highest BCUT2D eigenvalue weighted by molar-refractivity contribution is 5.79. The Morgan fingerprint density at radius 3 is 2.28 bits per heavy atom. The van der Waals surface area contributed by atoms with Crippen LogP contribution < -0.4 is 5.32 Å². The van der Waals surface area contributed by atoms with Crippen LogP contribution in [0.5, 0.6) is 0 Å². The van der Waals surface area contributed by atoms with Crippen LogP contribution in [0.4, 0.5) is 0 Å². The molecule has 0 bridgehead atoms. The van der Waals surface area contributed by atoms with Crippen LogP contribution in [0.2, 0.25) is 0 Å². The minimum absolute atomic E-state index is 0.0116. The van der Waals surface area contributed by atoms with Crippen molar-refractivity contribution in [1.82, 2.24) is 5.32 Å². The zero-order valence-electron chi connectivity index (χ0n) is 11.6. The van der Waals surface area contributed by atoms with E-state index in [2.05, 4.69) is 5.32 Å². The van der Waals surface area contributed by atoms with Crippen LogP contribution >= 0.6 is 0 Å². The summed E-state index contributed by atoms with van der Waals surface area (Å²) < 4.78 is 0. The third-order valence-corrected chi connectivity index (χ3v) is 4.12. The maximum atomic E-state index is 12.0.